The van der Waals surface area contributed by atoms with Crippen LogP contribution in [0, 0.1) is 21.4 Å². The van der Waals surface area contributed by atoms with Gasteiger partial charge >= 0.3 is 0 Å². The molecule has 0 radical (unpaired) electrons. The molecule has 1 amide bonds. The van der Waals surface area contributed by atoms with Crippen LogP contribution < -0.4 is 19.7 Å². The number of aromatic amines is 1. The lowest BCUT2D eigenvalue weighted by Gasteiger charge is -2.43. The number of hydrogen-bond acceptors (Lipinski definition) is 12. The van der Waals surface area contributed by atoms with Crippen LogP contribution in [0.15, 0.2) is 95.7 Å². The molecule has 15 nitrogen and oxygen atoms in total. The van der Waals surface area contributed by atoms with Crippen LogP contribution in [0.25, 0.3) is 16.6 Å². The van der Waals surface area contributed by atoms with Crippen LogP contribution in [0.5, 0.6) is 11.5 Å². The molecule has 348 valence electrons. The summed E-state index contributed by atoms with van der Waals surface area (Å²) in [7, 11) is -4.57. The van der Waals surface area contributed by atoms with Gasteiger partial charge in [0.25, 0.3) is 21.6 Å². The van der Waals surface area contributed by atoms with Gasteiger partial charge in [-0.05, 0) is 123 Å². The minimum atomic E-state index is -4.57. The summed E-state index contributed by atoms with van der Waals surface area (Å²) < 4.78 is 41.5. The Hall–Kier alpha value is -5.52. The molecule has 5 aromatic rings. The standard InChI is InChI=1S/C49H57ClN8O7S/c1-32-28-55(29-36-12-16-49(2,3)25-43(36)34-4-6-37(50)7-5-34)20-21-57(32)38-8-10-42(46(23-38)65-40-22-35-13-17-51-47(35)53-27-40)48(59)54-66(62,63)41-9-11-44(45(24-41)58(60)61)52-26-33-14-18-56(19-15-33)39-30-64-31-39/h4-11,13,17,22-24,27,32-33,39,52H,12,14-16,18-21,25-26,28-31H2,1-3H3,(H,51,53)(H,54,59)/t32-/m1/s1. The number of aromatic nitrogens is 2. The molecule has 2 aromatic heterocycles. The van der Waals surface area contributed by atoms with Crippen molar-refractivity contribution in [3.63, 3.8) is 0 Å². The fraction of sp³-hybridized carbons (Fsp3) is 0.429. The fourth-order valence-electron chi connectivity index (χ4n) is 9.78. The first-order valence-electron chi connectivity index (χ1n) is 22.8. The summed E-state index contributed by atoms with van der Waals surface area (Å²) in [6, 6.07) is 21.2. The molecular formula is C49H57ClN8O7S. The third-order valence-electron chi connectivity index (χ3n) is 13.7. The number of halogens is 1. The highest BCUT2D eigenvalue weighted by Gasteiger charge is 2.33. The number of nitro benzene ring substituents is 1. The number of amides is 1. The average Bonchev–Trinajstić information content (AvgIpc) is 3.74. The number of likely N-dealkylation sites (tertiary alicyclic amines) is 1. The van der Waals surface area contributed by atoms with Crippen LogP contribution in [0.4, 0.5) is 17.1 Å². The van der Waals surface area contributed by atoms with Crippen molar-refractivity contribution in [2.24, 2.45) is 11.3 Å². The molecule has 17 heteroatoms. The molecule has 0 unspecified atom stereocenters. The smallest absolute Gasteiger partial charge is 0.293 e. The number of carbonyl (C=O) groups excluding carboxylic acids is 1. The number of carbonyl (C=O) groups is 1. The molecule has 0 bridgehead atoms. The van der Waals surface area contributed by atoms with Gasteiger partial charge in [0.15, 0.2) is 0 Å². The van der Waals surface area contributed by atoms with Gasteiger partial charge in [-0.25, -0.2) is 18.1 Å². The molecule has 66 heavy (non-hydrogen) atoms. The highest BCUT2D eigenvalue weighted by molar-refractivity contribution is 7.90. The lowest BCUT2D eigenvalue weighted by molar-refractivity contribution is -0.384. The van der Waals surface area contributed by atoms with Crippen molar-refractivity contribution < 1.29 is 27.6 Å². The number of sulfonamides is 1. The lowest BCUT2D eigenvalue weighted by atomic mass is 9.72. The first kappa shape index (κ1) is 45.6. The second-order valence-electron chi connectivity index (χ2n) is 19.0. The Morgan fingerprint density at radius 3 is 2.55 bits per heavy atom. The summed E-state index contributed by atoms with van der Waals surface area (Å²) in [5, 5.41) is 17.0. The number of pyridine rings is 1. The zero-order chi connectivity index (χ0) is 46.2. The molecule has 3 N–H and O–H groups in total. The van der Waals surface area contributed by atoms with E-state index in [4.69, 9.17) is 21.1 Å². The zero-order valence-corrected chi connectivity index (χ0v) is 39.2. The van der Waals surface area contributed by atoms with Gasteiger partial charge in [-0.3, -0.25) is 24.7 Å². The van der Waals surface area contributed by atoms with Crippen LogP contribution in [0.1, 0.15) is 68.8 Å². The number of hydrogen-bond donors (Lipinski definition) is 3. The number of fused-ring (bicyclic) bond motifs is 1. The topological polar surface area (TPSA) is 175 Å². The Morgan fingerprint density at radius 2 is 1.82 bits per heavy atom. The van der Waals surface area contributed by atoms with Gasteiger partial charge < -0.3 is 24.7 Å². The number of anilines is 2. The van der Waals surface area contributed by atoms with E-state index in [1.165, 1.54) is 35.0 Å². The summed E-state index contributed by atoms with van der Waals surface area (Å²) in [5.74, 6) is -0.152. The van der Waals surface area contributed by atoms with Crippen molar-refractivity contribution in [2.75, 3.05) is 69.2 Å². The molecule has 9 rings (SSSR count). The monoisotopic (exact) mass is 936 g/mol. The van der Waals surface area contributed by atoms with Gasteiger partial charge in [0.2, 0.25) is 0 Å². The van der Waals surface area contributed by atoms with E-state index in [-0.39, 0.29) is 28.5 Å². The third-order valence-corrected chi connectivity index (χ3v) is 15.3. The summed E-state index contributed by atoms with van der Waals surface area (Å²) in [5.41, 5.74) is 5.58. The summed E-state index contributed by atoms with van der Waals surface area (Å²) in [6.45, 7) is 14.0. The normalized spacial score (nSPS) is 20.0. The van der Waals surface area contributed by atoms with Crippen LogP contribution in [-0.4, -0.2) is 110 Å². The Morgan fingerprint density at radius 1 is 1.03 bits per heavy atom. The van der Waals surface area contributed by atoms with Crippen LogP contribution in [0.2, 0.25) is 5.02 Å². The molecular weight excluding hydrogens is 880 g/mol. The predicted molar refractivity (Wildman–Crippen MR) is 257 cm³/mol. The number of piperazine rings is 1. The third kappa shape index (κ3) is 10.2. The highest BCUT2D eigenvalue weighted by Crippen LogP contribution is 2.44. The van der Waals surface area contributed by atoms with E-state index in [0.29, 0.717) is 36.4 Å². The number of rotatable bonds is 14. The number of nitrogens with zero attached hydrogens (tertiary/aromatic N) is 5. The maximum atomic E-state index is 14.1. The van der Waals surface area contributed by atoms with Crippen molar-refractivity contribution in [2.45, 2.75) is 69.9 Å². The van der Waals surface area contributed by atoms with Crippen molar-refractivity contribution in [3.05, 3.63) is 117 Å². The minimum absolute atomic E-state index is 0.0339. The van der Waals surface area contributed by atoms with Gasteiger partial charge in [0.05, 0.1) is 40.8 Å². The molecule has 0 spiro atoms. The van der Waals surface area contributed by atoms with E-state index in [0.717, 1.165) is 100 Å². The molecule has 4 aliphatic rings. The Labute approximate surface area is 390 Å². The SMILES string of the molecule is C[C@@H]1CN(CC2=C(c3ccc(Cl)cc3)CC(C)(C)CC2)CCN1c1ccc(C(=O)NS(=O)(=O)c2ccc(NCC3CCN(C4COC4)CC3)c([N+](=O)[O-])c2)c(Oc2cnc3[nH]ccc3c2)c1. The summed E-state index contributed by atoms with van der Waals surface area (Å²) >= 11 is 6.27. The number of H-pyrrole nitrogens is 1. The van der Waals surface area contributed by atoms with Crippen molar-refractivity contribution >= 4 is 61.2 Å². The summed E-state index contributed by atoms with van der Waals surface area (Å²) in [6.07, 6.45) is 8.37. The van der Waals surface area contributed by atoms with E-state index in [1.807, 2.05) is 18.2 Å². The fourth-order valence-corrected chi connectivity index (χ4v) is 10.9. The lowest BCUT2D eigenvalue weighted by Crippen LogP contribution is -2.52. The quantitative estimate of drug-likeness (QED) is 0.0715. The number of allylic oxidation sites excluding steroid dienone is 1. The molecule has 3 saturated heterocycles. The van der Waals surface area contributed by atoms with Crippen molar-refractivity contribution in [1.29, 1.82) is 0 Å². The second-order valence-corrected chi connectivity index (χ2v) is 21.1. The molecule has 0 saturated carbocycles. The first-order valence-corrected chi connectivity index (χ1v) is 24.7. The van der Waals surface area contributed by atoms with Gasteiger partial charge in [0, 0.05) is 73.2 Å². The number of ether oxygens (including phenoxy) is 2. The molecule has 1 aliphatic carbocycles. The Bertz CT molecular complexity index is 2750. The molecule has 5 heterocycles. The molecule has 3 fully saturated rings. The van der Waals surface area contributed by atoms with Crippen molar-refractivity contribution in [1.82, 2.24) is 24.5 Å². The van der Waals surface area contributed by atoms with Gasteiger partial charge in [-0.15, -0.1) is 0 Å². The summed E-state index contributed by atoms with van der Waals surface area (Å²) in [4.78, 5) is 40.0. The molecule has 3 aromatic carbocycles. The van der Waals surface area contributed by atoms with Gasteiger partial charge in [-0.1, -0.05) is 43.2 Å². The zero-order valence-electron chi connectivity index (χ0n) is 37.6. The largest absolute Gasteiger partial charge is 0.455 e. The van der Waals surface area contributed by atoms with Crippen molar-refractivity contribution in [3.8, 4) is 11.5 Å². The number of benzene rings is 3. The predicted octanol–water partition coefficient (Wildman–Crippen LogP) is 8.73. The van der Waals surface area contributed by atoms with E-state index in [9.17, 15) is 23.3 Å². The highest BCUT2D eigenvalue weighted by atomic mass is 35.5. The Kier molecular flexibility index (Phi) is 13.1. The second kappa shape index (κ2) is 19.0. The minimum Gasteiger partial charge on any atom is -0.455 e. The van der Waals surface area contributed by atoms with Crippen LogP contribution >= 0.6 is 11.6 Å². The van der Waals surface area contributed by atoms with E-state index >= 15 is 0 Å². The van der Waals surface area contributed by atoms with Gasteiger partial charge in [-0.2, -0.15) is 0 Å². The number of piperidine rings is 1. The molecule has 3 aliphatic heterocycles. The number of nitrogens with one attached hydrogen (secondary N) is 3. The van der Waals surface area contributed by atoms with E-state index in [2.05, 4.69) is 67.6 Å². The molecule has 1 atom stereocenters. The van der Waals surface area contributed by atoms with Crippen LogP contribution in [-0.2, 0) is 14.8 Å². The van der Waals surface area contributed by atoms with Crippen LogP contribution in [0.3, 0.4) is 0 Å². The van der Waals surface area contributed by atoms with E-state index < -0.39 is 31.4 Å². The van der Waals surface area contributed by atoms with E-state index in [1.54, 1.807) is 30.5 Å². The maximum Gasteiger partial charge on any atom is 0.293 e. The number of nitro groups is 1. The Balaban J connectivity index is 0.915. The van der Waals surface area contributed by atoms with Gasteiger partial charge in [0.1, 0.15) is 22.8 Å². The maximum absolute atomic E-state index is 14.1. The average molecular weight is 938 g/mol. The first-order chi connectivity index (χ1) is 31.7.